The van der Waals surface area contributed by atoms with Gasteiger partial charge in [-0.1, -0.05) is 23.7 Å². The van der Waals surface area contributed by atoms with E-state index in [1.165, 1.54) is 17.0 Å². The van der Waals surface area contributed by atoms with Crippen LogP contribution in [0.15, 0.2) is 42.5 Å². The predicted molar refractivity (Wildman–Crippen MR) is 98.4 cm³/mol. The maximum absolute atomic E-state index is 12.6. The molecule has 2 aromatic rings. The Morgan fingerprint density at radius 1 is 1.31 bits per heavy atom. The van der Waals surface area contributed by atoms with Gasteiger partial charge in [-0.2, -0.15) is 0 Å². The molecule has 0 aromatic heterocycles. The second-order valence-corrected chi connectivity index (χ2v) is 6.57. The number of carbonyl (C=O) groups excluding carboxylic acids is 2. The molecule has 26 heavy (non-hydrogen) atoms. The number of benzene rings is 2. The second-order valence-electron chi connectivity index (χ2n) is 6.13. The van der Waals surface area contributed by atoms with Crippen molar-refractivity contribution in [2.45, 2.75) is 13.3 Å². The fraction of sp³-hybridized carbons (Fsp3) is 0.222. The highest BCUT2D eigenvalue weighted by Crippen LogP contribution is 2.29. The molecule has 8 heteroatoms. The Kier molecular flexibility index (Phi) is 4.90. The molecule has 1 fully saturated rings. The molecule has 1 N–H and O–H groups in total. The number of halogens is 1. The van der Waals surface area contributed by atoms with Crippen molar-refractivity contribution in [1.29, 1.82) is 0 Å². The summed E-state index contributed by atoms with van der Waals surface area (Å²) in [7, 11) is 0. The molecule has 0 aliphatic carbocycles. The van der Waals surface area contributed by atoms with E-state index in [0.29, 0.717) is 22.0 Å². The van der Waals surface area contributed by atoms with Gasteiger partial charge in [0.15, 0.2) is 0 Å². The quantitative estimate of drug-likeness (QED) is 0.655. The number of rotatable bonds is 4. The first-order valence-corrected chi connectivity index (χ1v) is 8.35. The Balaban J connectivity index is 1.75. The number of nitrogens with zero attached hydrogens (tertiary/aromatic N) is 2. The molecule has 7 nitrogen and oxygen atoms in total. The van der Waals surface area contributed by atoms with Crippen LogP contribution in [0.5, 0.6) is 0 Å². The van der Waals surface area contributed by atoms with Crippen LogP contribution in [0.4, 0.5) is 17.1 Å². The molecular formula is C18H16ClN3O4. The summed E-state index contributed by atoms with van der Waals surface area (Å²) in [4.78, 5) is 36.7. The van der Waals surface area contributed by atoms with Crippen molar-refractivity contribution in [2.75, 3.05) is 16.8 Å². The van der Waals surface area contributed by atoms with Crippen molar-refractivity contribution in [3.05, 3.63) is 63.2 Å². The van der Waals surface area contributed by atoms with E-state index in [1.54, 1.807) is 37.3 Å². The lowest BCUT2D eigenvalue weighted by atomic mass is 10.1. The summed E-state index contributed by atoms with van der Waals surface area (Å²) in [6.45, 7) is 1.98. The van der Waals surface area contributed by atoms with Gasteiger partial charge < -0.3 is 10.2 Å². The summed E-state index contributed by atoms with van der Waals surface area (Å²) >= 11 is 5.96. The van der Waals surface area contributed by atoms with Crippen LogP contribution in [0.2, 0.25) is 5.02 Å². The number of non-ortho nitro benzene ring substituents is 1. The number of carbonyl (C=O) groups is 2. The number of hydrogen-bond donors (Lipinski definition) is 1. The molecule has 134 valence electrons. The van der Waals surface area contributed by atoms with Crippen LogP contribution in [0.25, 0.3) is 0 Å². The van der Waals surface area contributed by atoms with E-state index in [9.17, 15) is 19.7 Å². The highest BCUT2D eigenvalue weighted by molar-refractivity contribution is 6.31. The summed E-state index contributed by atoms with van der Waals surface area (Å²) in [5.41, 5.74) is 1.62. The van der Waals surface area contributed by atoms with Crippen molar-refractivity contribution in [2.24, 2.45) is 5.92 Å². The number of hydrogen-bond acceptors (Lipinski definition) is 4. The minimum atomic E-state index is -0.542. The van der Waals surface area contributed by atoms with Gasteiger partial charge in [-0.15, -0.1) is 0 Å². The molecule has 1 heterocycles. The lowest BCUT2D eigenvalue weighted by molar-refractivity contribution is -0.384. The Hall–Kier alpha value is -2.93. The number of amides is 2. The fourth-order valence-electron chi connectivity index (χ4n) is 2.87. The van der Waals surface area contributed by atoms with Crippen LogP contribution >= 0.6 is 11.6 Å². The summed E-state index contributed by atoms with van der Waals surface area (Å²) in [5.74, 6) is -1.05. The first-order chi connectivity index (χ1) is 12.3. The Bertz CT molecular complexity index is 900. The third-order valence-electron chi connectivity index (χ3n) is 4.31. The van der Waals surface area contributed by atoms with Gasteiger partial charge in [0.2, 0.25) is 11.8 Å². The molecule has 0 saturated carbocycles. The third-order valence-corrected chi connectivity index (χ3v) is 4.54. The summed E-state index contributed by atoms with van der Waals surface area (Å²) in [6.07, 6.45) is 0.0757. The highest BCUT2D eigenvalue weighted by Gasteiger charge is 2.35. The zero-order valence-corrected chi connectivity index (χ0v) is 14.7. The van der Waals surface area contributed by atoms with Gasteiger partial charge in [0.25, 0.3) is 5.69 Å². The Labute approximate surface area is 154 Å². The van der Waals surface area contributed by atoms with Crippen LogP contribution < -0.4 is 10.2 Å². The van der Waals surface area contributed by atoms with Gasteiger partial charge in [0, 0.05) is 35.8 Å². The third kappa shape index (κ3) is 3.67. The number of nitro groups is 1. The van der Waals surface area contributed by atoms with Gasteiger partial charge in [-0.3, -0.25) is 19.7 Å². The number of nitro benzene ring substituents is 1. The van der Waals surface area contributed by atoms with Gasteiger partial charge >= 0.3 is 0 Å². The topological polar surface area (TPSA) is 92.5 Å². The van der Waals surface area contributed by atoms with Gasteiger partial charge in [-0.25, -0.2) is 0 Å². The minimum Gasteiger partial charge on any atom is -0.325 e. The minimum absolute atomic E-state index is 0.0757. The largest absolute Gasteiger partial charge is 0.325 e. The standard InChI is InChI=1S/C18H16ClN3O4/c1-11-5-6-15(22(25)26)9-16(11)20-18(24)12-7-17(23)21(10-12)14-4-2-3-13(19)8-14/h2-6,8-9,12H,7,10H2,1H3,(H,20,24). The average Bonchev–Trinajstić information content (AvgIpc) is 2.98. The number of aryl methyl sites for hydroxylation is 1. The first-order valence-electron chi connectivity index (χ1n) is 7.97. The smallest absolute Gasteiger partial charge is 0.271 e. The normalized spacial score (nSPS) is 16.6. The zero-order valence-electron chi connectivity index (χ0n) is 13.9. The Morgan fingerprint density at radius 2 is 2.08 bits per heavy atom. The summed E-state index contributed by atoms with van der Waals surface area (Å²) in [6, 6.07) is 11.2. The fourth-order valence-corrected chi connectivity index (χ4v) is 3.05. The molecule has 1 unspecified atom stereocenters. The predicted octanol–water partition coefficient (Wildman–Crippen LogP) is 3.55. The Morgan fingerprint density at radius 3 is 2.77 bits per heavy atom. The van der Waals surface area contributed by atoms with E-state index in [0.717, 1.165) is 0 Å². The van der Waals surface area contributed by atoms with Crippen molar-refractivity contribution in [1.82, 2.24) is 0 Å². The molecule has 1 aliphatic heterocycles. The van der Waals surface area contributed by atoms with Crippen LogP contribution in [0.1, 0.15) is 12.0 Å². The molecule has 1 atom stereocenters. The van der Waals surface area contributed by atoms with Gasteiger partial charge in [-0.05, 0) is 30.7 Å². The van der Waals surface area contributed by atoms with E-state index in [1.807, 2.05) is 0 Å². The lowest BCUT2D eigenvalue weighted by Crippen LogP contribution is -2.28. The van der Waals surface area contributed by atoms with Crippen LogP contribution in [-0.4, -0.2) is 23.3 Å². The van der Waals surface area contributed by atoms with E-state index in [4.69, 9.17) is 11.6 Å². The first kappa shape index (κ1) is 17.9. The molecule has 2 amide bonds. The second kappa shape index (κ2) is 7.13. The summed E-state index contributed by atoms with van der Waals surface area (Å²) < 4.78 is 0. The molecular weight excluding hydrogens is 358 g/mol. The highest BCUT2D eigenvalue weighted by atomic mass is 35.5. The van der Waals surface area contributed by atoms with Gasteiger partial charge in [0.1, 0.15) is 0 Å². The van der Waals surface area contributed by atoms with E-state index >= 15 is 0 Å². The zero-order chi connectivity index (χ0) is 18.8. The van der Waals surface area contributed by atoms with E-state index < -0.39 is 10.8 Å². The number of nitrogens with one attached hydrogen (secondary N) is 1. The van der Waals surface area contributed by atoms with E-state index in [-0.39, 0.29) is 30.5 Å². The van der Waals surface area contributed by atoms with Crippen molar-refractivity contribution >= 4 is 40.5 Å². The number of anilines is 2. The van der Waals surface area contributed by atoms with Crippen molar-refractivity contribution < 1.29 is 14.5 Å². The van der Waals surface area contributed by atoms with Crippen LogP contribution in [0.3, 0.4) is 0 Å². The SMILES string of the molecule is Cc1ccc([N+](=O)[O-])cc1NC(=O)C1CC(=O)N(c2cccc(Cl)c2)C1. The molecule has 1 saturated heterocycles. The maximum Gasteiger partial charge on any atom is 0.271 e. The molecule has 0 bridgehead atoms. The lowest BCUT2D eigenvalue weighted by Gasteiger charge is -2.17. The van der Waals surface area contributed by atoms with E-state index in [2.05, 4.69) is 5.32 Å². The maximum atomic E-state index is 12.6. The van der Waals surface area contributed by atoms with Crippen LogP contribution in [0, 0.1) is 23.0 Å². The van der Waals surface area contributed by atoms with Crippen molar-refractivity contribution in [3.8, 4) is 0 Å². The molecule has 1 aliphatic rings. The van der Waals surface area contributed by atoms with Crippen LogP contribution in [-0.2, 0) is 9.59 Å². The molecule has 2 aromatic carbocycles. The monoisotopic (exact) mass is 373 g/mol. The summed E-state index contributed by atoms with van der Waals surface area (Å²) in [5, 5.41) is 14.1. The molecule has 0 radical (unpaired) electrons. The van der Waals surface area contributed by atoms with Gasteiger partial charge in [0.05, 0.1) is 16.5 Å². The molecule has 0 spiro atoms. The van der Waals surface area contributed by atoms with Crippen molar-refractivity contribution in [3.63, 3.8) is 0 Å². The molecule has 3 rings (SSSR count). The average molecular weight is 374 g/mol.